The molecule has 0 saturated heterocycles. The zero-order valence-electron chi connectivity index (χ0n) is 8.27. The summed E-state index contributed by atoms with van der Waals surface area (Å²) in [6.07, 6.45) is 3.60. The first kappa shape index (κ1) is 9.43. The molecule has 14 heavy (non-hydrogen) atoms. The number of aromatic nitrogens is 2. The fraction of sp³-hybridized carbons (Fsp3) is 0.300. The Morgan fingerprint density at radius 1 is 1.57 bits per heavy atom. The fourth-order valence-corrected chi connectivity index (χ4v) is 2.29. The van der Waals surface area contributed by atoms with E-state index in [9.17, 15) is 0 Å². The van der Waals surface area contributed by atoms with Gasteiger partial charge in [0.1, 0.15) is 0 Å². The van der Waals surface area contributed by atoms with E-state index in [1.807, 2.05) is 17.8 Å². The van der Waals surface area contributed by atoms with Crippen LogP contribution in [0.4, 0.5) is 0 Å². The van der Waals surface area contributed by atoms with Crippen molar-refractivity contribution >= 4 is 11.3 Å². The van der Waals surface area contributed by atoms with Crippen molar-refractivity contribution in [3.05, 3.63) is 40.1 Å². The van der Waals surface area contributed by atoms with Gasteiger partial charge in [-0.15, -0.1) is 11.3 Å². The smallest absolute Gasteiger partial charge is 0.0946 e. The number of aryl methyl sites for hydroxylation is 2. The molecular formula is C10H13N3S. The molecule has 0 saturated carbocycles. The summed E-state index contributed by atoms with van der Waals surface area (Å²) < 4.78 is 1.96. The second-order valence-electron chi connectivity index (χ2n) is 3.34. The number of nitrogens with zero attached hydrogens (tertiary/aromatic N) is 2. The highest BCUT2D eigenvalue weighted by Gasteiger charge is 2.14. The van der Waals surface area contributed by atoms with Gasteiger partial charge in [0.2, 0.25) is 0 Å². The highest BCUT2D eigenvalue weighted by atomic mass is 32.1. The van der Waals surface area contributed by atoms with Gasteiger partial charge in [-0.25, -0.2) is 4.98 Å². The van der Waals surface area contributed by atoms with Crippen molar-refractivity contribution in [2.24, 2.45) is 12.8 Å². The minimum atomic E-state index is -0.0613. The highest BCUT2D eigenvalue weighted by molar-refractivity contribution is 7.10. The van der Waals surface area contributed by atoms with E-state index >= 15 is 0 Å². The van der Waals surface area contributed by atoms with E-state index in [1.165, 1.54) is 10.4 Å². The van der Waals surface area contributed by atoms with Crippen LogP contribution in [0.3, 0.4) is 0 Å². The Morgan fingerprint density at radius 3 is 2.86 bits per heavy atom. The first-order chi connectivity index (χ1) is 6.70. The van der Waals surface area contributed by atoms with Crippen molar-refractivity contribution in [3.63, 3.8) is 0 Å². The van der Waals surface area contributed by atoms with Gasteiger partial charge in [0.05, 0.1) is 24.3 Å². The van der Waals surface area contributed by atoms with Crippen LogP contribution in [0.25, 0.3) is 0 Å². The molecule has 0 amide bonds. The van der Waals surface area contributed by atoms with Gasteiger partial charge < -0.3 is 10.3 Å². The molecule has 1 atom stereocenters. The summed E-state index contributed by atoms with van der Waals surface area (Å²) in [4.78, 5) is 5.35. The molecule has 2 aromatic heterocycles. The number of hydrogen-bond acceptors (Lipinski definition) is 3. The molecule has 0 aliphatic carbocycles. The van der Waals surface area contributed by atoms with E-state index in [0.717, 1.165) is 5.69 Å². The van der Waals surface area contributed by atoms with E-state index in [-0.39, 0.29) is 6.04 Å². The van der Waals surface area contributed by atoms with Gasteiger partial charge in [-0.2, -0.15) is 0 Å². The van der Waals surface area contributed by atoms with Crippen molar-refractivity contribution in [3.8, 4) is 0 Å². The molecule has 2 aromatic rings. The highest BCUT2D eigenvalue weighted by Crippen LogP contribution is 2.25. The van der Waals surface area contributed by atoms with E-state index in [0.29, 0.717) is 0 Å². The third-order valence-electron chi connectivity index (χ3n) is 2.41. The third kappa shape index (κ3) is 1.47. The molecular weight excluding hydrogens is 194 g/mol. The molecule has 1 unspecified atom stereocenters. The maximum atomic E-state index is 6.15. The summed E-state index contributed by atoms with van der Waals surface area (Å²) in [6, 6.07) is 2.02. The summed E-state index contributed by atoms with van der Waals surface area (Å²) in [5.74, 6) is 0. The average molecular weight is 207 g/mol. The number of rotatable bonds is 2. The lowest BCUT2D eigenvalue weighted by Gasteiger charge is -2.11. The number of thiophene rings is 1. The van der Waals surface area contributed by atoms with Gasteiger partial charge in [0, 0.05) is 11.9 Å². The molecule has 0 radical (unpaired) electrons. The standard InChI is InChI=1S/C10H13N3S/c1-7-8(3-4-14-7)10(11)9-5-12-6-13(9)2/h3-6,10H,11H2,1-2H3. The maximum absolute atomic E-state index is 6.15. The Hall–Kier alpha value is -1.13. The molecule has 2 rings (SSSR count). The number of imidazole rings is 1. The van der Waals surface area contributed by atoms with Gasteiger partial charge in [-0.3, -0.25) is 0 Å². The second kappa shape index (κ2) is 3.55. The van der Waals surface area contributed by atoms with Crippen molar-refractivity contribution in [1.82, 2.24) is 9.55 Å². The normalized spacial score (nSPS) is 13.1. The minimum absolute atomic E-state index is 0.0613. The molecule has 0 aliphatic heterocycles. The maximum Gasteiger partial charge on any atom is 0.0946 e. The number of nitrogens with two attached hydrogens (primary N) is 1. The summed E-state index contributed by atoms with van der Waals surface area (Å²) in [5, 5.41) is 2.07. The van der Waals surface area contributed by atoms with Crippen LogP contribution in [0.1, 0.15) is 22.2 Å². The summed E-state index contributed by atoms with van der Waals surface area (Å²) >= 11 is 1.73. The first-order valence-electron chi connectivity index (χ1n) is 4.46. The molecule has 0 bridgehead atoms. The summed E-state index contributed by atoms with van der Waals surface area (Å²) in [7, 11) is 1.96. The molecule has 4 heteroatoms. The SMILES string of the molecule is Cc1sccc1C(N)c1cncn1C. The lowest BCUT2D eigenvalue weighted by molar-refractivity contribution is 0.745. The van der Waals surface area contributed by atoms with Crippen molar-refractivity contribution in [2.75, 3.05) is 0 Å². The number of hydrogen-bond donors (Lipinski definition) is 1. The van der Waals surface area contributed by atoms with Gasteiger partial charge in [0.25, 0.3) is 0 Å². The molecule has 2 heterocycles. The van der Waals surface area contributed by atoms with Crippen LogP contribution in [-0.4, -0.2) is 9.55 Å². The zero-order valence-corrected chi connectivity index (χ0v) is 9.08. The zero-order chi connectivity index (χ0) is 10.1. The Morgan fingerprint density at radius 2 is 2.36 bits per heavy atom. The Kier molecular flexibility index (Phi) is 2.39. The van der Waals surface area contributed by atoms with Crippen LogP contribution in [0.15, 0.2) is 24.0 Å². The van der Waals surface area contributed by atoms with Crippen LogP contribution in [0.5, 0.6) is 0 Å². The molecule has 0 spiro atoms. The predicted octanol–water partition coefficient (Wildman–Crippen LogP) is 1.84. The molecule has 2 N–H and O–H groups in total. The summed E-state index contributed by atoms with van der Waals surface area (Å²) in [6.45, 7) is 2.09. The Labute approximate surface area is 87.2 Å². The van der Waals surface area contributed by atoms with Gasteiger partial charge >= 0.3 is 0 Å². The topological polar surface area (TPSA) is 43.8 Å². The Bertz CT molecular complexity index is 390. The van der Waals surface area contributed by atoms with Crippen molar-refractivity contribution < 1.29 is 0 Å². The molecule has 3 nitrogen and oxygen atoms in total. The molecule has 74 valence electrons. The minimum Gasteiger partial charge on any atom is -0.336 e. The lowest BCUT2D eigenvalue weighted by Crippen LogP contribution is -2.15. The lowest BCUT2D eigenvalue weighted by atomic mass is 10.1. The van der Waals surface area contributed by atoms with Gasteiger partial charge in [0.15, 0.2) is 0 Å². The molecule has 0 fully saturated rings. The van der Waals surface area contributed by atoms with E-state index in [2.05, 4.69) is 23.4 Å². The van der Waals surface area contributed by atoms with E-state index in [4.69, 9.17) is 5.73 Å². The van der Waals surface area contributed by atoms with Crippen LogP contribution in [-0.2, 0) is 7.05 Å². The average Bonchev–Trinajstić information content (AvgIpc) is 2.73. The van der Waals surface area contributed by atoms with Crippen molar-refractivity contribution in [2.45, 2.75) is 13.0 Å². The van der Waals surface area contributed by atoms with Crippen LogP contribution < -0.4 is 5.73 Å². The van der Waals surface area contributed by atoms with Crippen molar-refractivity contribution in [1.29, 1.82) is 0 Å². The summed E-state index contributed by atoms with van der Waals surface area (Å²) in [5.41, 5.74) is 8.39. The van der Waals surface area contributed by atoms with Crippen LogP contribution >= 0.6 is 11.3 Å². The first-order valence-corrected chi connectivity index (χ1v) is 5.34. The Balaban J connectivity index is 2.38. The monoisotopic (exact) mass is 207 g/mol. The predicted molar refractivity (Wildman–Crippen MR) is 58.3 cm³/mol. The molecule has 0 aliphatic rings. The quantitative estimate of drug-likeness (QED) is 0.816. The van der Waals surface area contributed by atoms with Crippen LogP contribution in [0.2, 0.25) is 0 Å². The third-order valence-corrected chi connectivity index (χ3v) is 3.27. The van der Waals surface area contributed by atoms with Gasteiger partial charge in [-0.05, 0) is 23.9 Å². The second-order valence-corrected chi connectivity index (χ2v) is 4.46. The van der Waals surface area contributed by atoms with Crippen LogP contribution in [0, 0.1) is 6.92 Å². The molecule has 0 aromatic carbocycles. The van der Waals surface area contributed by atoms with E-state index in [1.54, 1.807) is 17.7 Å². The van der Waals surface area contributed by atoms with Gasteiger partial charge in [-0.1, -0.05) is 0 Å². The fourth-order valence-electron chi connectivity index (χ4n) is 1.54. The van der Waals surface area contributed by atoms with E-state index < -0.39 is 0 Å². The largest absolute Gasteiger partial charge is 0.336 e.